The average molecular weight is 395 g/mol. The first-order valence-electron chi connectivity index (χ1n) is 7.78. The van der Waals surface area contributed by atoms with Crippen molar-refractivity contribution in [3.8, 4) is 5.75 Å². The van der Waals surface area contributed by atoms with Gasteiger partial charge in [0.1, 0.15) is 11.4 Å². The standard InChI is InChI=1S/C17H15F2N3O6/c1-20-13-7-2-10(8-14(13)22(25)26)16(24)27-9-15(23)21-11-3-5-12(6-4-11)28-17(18)19/h2-8,17,20H,9H2,1H3,(H,21,23). The summed E-state index contributed by atoms with van der Waals surface area (Å²) in [6, 6.07) is 8.83. The van der Waals surface area contributed by atoms with Gasteiger partial charge in [0.05, 0.1) is 10.5 Å². The molecule has 0 saturated heterocycles. The predicted molar refractivity (Wildman–Crippen MR) is 94.6 cm³/mol. The molecule has 0 aliphatic carbocycles. The van der Waals surface area contributed by atoms with Gasteiger partial charge >= 0.3 is 12.6 Å². The second-order valence-electron chi connectivity index (χ2n) is 5.27. The van der Waals surface area contributed by atoms with Gasteiger partial charge in [-0.05, 0) is 36.4 Å². The minimum atomic E-state index is -2.96. The molecule has 0 aliphatic rings. The van der Waals surface area contributed by atoms with Crippen LogP contribution in [0.15, 0.2) is 42.5 Å². The van der Waals surface area contributed by atoms with Gasteiger partial charge in [0, 0.05) is 18.8 Å². The molecule has 0 spiro atoms. The van der Waals surface area contributed by atoms with Crippen molar-refractivity contribution in [2.45, 2.75) is 6.61 Å². The quantitative estimate of drug-likeness (QED) is 0.400. The van der Waals surface area contributed by atoms with Crippen LogP contribution in [0.1, 0.15) is 10.4 Å². The second-order valence-corrected chi connectivity index (χ2v) is 5.27. The summed E-state index contributed by atoms with van der Waals surface area (Å²) in [5.41, 5.74) is 0.0924. The van der Waals surface area contributed by atoms with Crippen LogP contribution in [-0.4, -0.2) is 37.1 Å². The van der Waals surface area contributed by atoms with Crippen LogP contribution in [0.2, 0.25) is 0 Å². The second kappa shape index (κ2) is 9.26. The lowest BCUT2D eigenvalue weighted by Crippen LogP contribution is -2.21. The van der Waals surface area contributed by atoms with E-state index in [0.717, 1.165) is 6.07 Å². The van der Waals surface area contributed by atoms with Crippen molar-refractivity contribution >= 4 is 28.9 Å². The summed E-state index contributed by atoms with van der Waals surface area (Å²) in [5, 5.41) is 16.0. The number of nitro groups is 1. The first-order valence-corrected chi connectivity index (χ1v) is 7.78. The molecule has 0 atom stereocenters. The zero-order chi connectivity index (χ0) is 20.7. The fraction of sp³-hybridized carbons (Fsp3) is 0.176. The van der Waals surface area contributed by atoms with Gasteiger partial charge in [-0.1, -0.05) is 0 Å². The fourth-order valence-corrected chi connectivity index (χ4v) is 2.15. The van der Waals surface area contributed by atoms with Crippen LogP contribution < -0.4 is 15.4 Å². The van der Waals surface area contributed by atoms with Gasteiger partial charge in [-0.3, -0.25) is 14.9 Å². The highest BCUT2D eigenvalue weighted by Crippen LogP contribution is 2.25. The van der Waals surface area contributed by atoms with E-state index in [-0.39, 0.29) is 28.4 Å². The maximum atomic E-state index is 12.1. The Balaban J connectivity index is 1.92. The van der Waals surface area contributed by atoms with Crippen molar-refractivity contribution in [2.75, 3.05) is 24.3 Å². The van der Waals surface area contributed by atoms with Crippen molar-refractivity contribution in [3.63, 3.8) is 0 Å². The number of hydrogen-bond acceptors (Lipinski definition) is 7. The van der Waals surface area contributed by atoms with Crippen LogP contribution in [0.5, 0.6) is 5.75 Å². The summed E-state index contributed by atoms with van der Waals surface area (Å²) in [6.07, 6.45) is 0. The van der Waals surface area contributed by atoms with E-state index in [4.69, 9.17) is 4.74 Å². The van der Waals surface area contributed by atoms with Crippen LogP contribution >= 0.6 is 0 Å². The van der Waals surface area contributed by atoms with Gasteiger partial charge in [0.15, 0.2) is 6.61 Å². The van der Waals surface area contributed by atoms with Gasteiger partial charge in [-0.25, -0.2) is 4.79 Å². The topological polar surface area (TPSA) is 120 Å². The van der Waals surface area contributed by atoms with Gasteiger partial charge in [-0.15, -0.1) is 0 Å². The summed E-state index contributed by atoms with van der Waals surface area (Å²) < 4.78 is 33.2. The molecule has 2 rings (SSSR count). The van der Waals surface area contributed by atoms with E-state index in [1.54, 1.807) is 0 Å². The first kappa shape index (κ1) is 20.6. The molecule has 0 bridgehead atoms. The molecule has 0 heterocycles. The van der Waals surface area contributed by atoms with E-state index in [1.165, 1.54) is 43.4 Å². The number of alkyl halides is 2. The van der Waals surface area contributed by atoms with E-state index in [1.807, 2.05) is 0 Å². The Labute approximate surface area is 157 Å². The lowest BCUT2D eigenvalue weighted by Gasteiger charge is -2.09. The lowest BCUT2D eigenvalue weighted by molar-refractivity contribution is -0.384. The van der Waals surface area contributed by atoms with Gasteiger partial charge < -0.3 is 20.1 Å². The highest BCUT2D eigenvalue weighted by atomic mass is 19.3. The molecule has 0 radical (unpaired) electrons. The molecule has 0 saturated carbocycles. The number of hydrogen-bond donors (Lipinski definition) is 2. The fourth-order valence-electron chi connectivity index (χ4n) is 2.15. The Morgan fingerprint density at radius 3 is 2.43 bits per heavy atom. The van der Waals surface area contributed by atoms with Crippen molar-refractivity contribution in [2.24, 2.45) is 0 Å². The number of nitro benzene ring substituents is 1. The highest BCUT2D eigenvalue weighted by molar-refractivity contribution is 5.96. The Bertz CT molecular complexity index is 874. The summed E-state index contributed by atoms with van der Waals surface area (Å²) in [6.45, 7) is -3.60. The van der Waals surface area contributed by atoms with Crippen LogP contribution in [0.25, 0.3) is 0 Å². The summed E-state index contributed by atoms with van der Waals surface area (Å²) >= 11 is 0. The van der Waals surface area contributed by atoms with Gasteiger partial charge in [0.25, 0.3) is 11.6 Å². The van der Waals surface area contributed by atoms with E-state index in [0.29, 0.717) is 0 Å². The average Bonchev–Trinajstić information content (AvgIpc) is 2.66. The molecule has 0 aromatic heterocycles. The maximum Gasteiger partial charge on any atom is 0.387 e. The van der Waals surface area contributed by atoms with E-state index < -0.39 is 30.0 Å². The zero-order valence-corrected chi connectivity index (χ0v) is 14.5. The van der Waals surface area contributed by atoms with Crippen LogP contribution in [-0.2, 0) is 9.53 Å². The largest absolute Gasteiger partial charge is 0.452 e. The Morgan fingerprint density at radius 2 is 1.86 bits per heavy atom. The molecule has 0 unspecified atom stereocenters. The minimum Gasteiger partial charge on any atom is -0.452 e. The summed E-state index contributed by atoms with van der Waals surface area (Å²) in [7, 11) is 1.50. The molecular weight excluding hydrogens is 380 g/mol. The normalized spacial score (nSPS) is 10.3. The van der Waals surface area contributed by atoms with Gasteiger partial charge in [-0.2, -0.15) is 8.78 Å². The van der Waals surface area contributed by atoms with E-state index >= 15 is 0 Å². The third kappa shape index (κ3) is 5.62. The number of rotatable bonds is 8. The Morgan fingerprint density at radius 1 is 1.18 bits per heavy atom. The van der Waals surface area contributed by atoms with E-state index in [9.17, 15) is 28.5 Å². The molecule has 1 amide bonds. The number of carbonyl (C=O) groups is 2. The third-order valence-electron chi connectivity index (χ3n) is 3.40. The monoisotopic (exact) mass is 395 g/mol. The molecule has 9 nitrogen and oxygen atoms in total. The number of esters is 1. The smallest absolute Gasteiger partial charge is 0.387 e. The maximum absolute atomic E-state index is 12.1. The molecule has 0 aliphatic heterocycles. The molecule has 11 heteroatoms. The van der Waals surface area contributed by atoms with E-state index in [2.05, 4.69) is 15.4 Å². The summed E-state index contributed by atoms with van der Waals surface area (Å²) in [5.74, 6) is -1.68. The van der Waals surface area contributed by atoms with Gasteiger partial charge in [0.2, 0.25) is 0 Å². The minimum absolute atomic E-state index is 0.0777. The van der Waals surface area contributed by atoms with Crippen LogP contribution in [0, 0.1) is 10.1 Å². The van der Waals surface area contributed by atoms with Crippen molar-refractivity contribution < 1.29 is 32.8 Å². The Kier molecular flexibility index (Phi) is 6.79. The van der Waals surface area contributed by atoms with Crippen LogP contribution in [0.3, 0.4) is 0 Å². The number of benzene rings is 2. The molecule has 2 aromatic rings. The van der Waals surface area contributed by atoms with Crippen LogP contribution in [0.4, 0.5) is 25.8 Å². The molecule has 28 heavy (non-hydrogen) atoms. The molecule has 2 aromatic carbocycles. The number of halogens is 2. The highest BCUT2D eigenvalue weighted by Gasteiger charge is 2.18. The molecular formula is C17H15F2N3O6. The Hall–Kier alpha value is -3.76. The van der Waals surface area contributed by atoms with Crippen molar-refractivity contribution in [1.82, 2.24) is 0 Å². The number of carbonyl (C=O) groups excluding carboxylic acids is 2. The number of anilines is 2. The zero-order valence-electron chi connectivity index (χ0n) is 14.5. The summed E-state index contributed by atoms with van der Waals surface area (Å²) in [4.78, 5) is 34.2. The number of amides is 1. The predicted octanol–water partition coefficient (Wildman–Crippen LogP) is 3.03. The number of ether oxygens (including phenoxy) is 2. The lowest BCUT2D eigenvalue weighted by atomic mass is 10.1. The van der Waals surface area contributed by atoms with Crippen molar-refractivity contribution in [1.29, 1.82) is 0 Å². The molecule has 0 fully saturated rings. The molecule has 148 valence electrons. The number of nitrogens with zero attached hydrogens (tertiary/aromatic N) is 1. The van der Waals surface area contributed by atoms with Crippen molar-refractivity contribution in [3.05, 3.63) is 58.1 Å². The number of nitrogens with one attached hydrogen (secondary N) is 2. The first-order chi connectivity index (χ1) is 13.3. The molecule has 2 N–H and O–H groups in total. The SMILES string of the molecule is CNc1ccc(C(=O)OCC(=O)Nc2ccc(OC(F)F)cc2)cc1[N+](=O)[O-]. The third-order valence-corrected chi connectivity index (χ3v) is 3.40.